The summed E-state index contributed by atoms with van der Waals surface area (Å²) >= 11 is 6.10. The minimum absolute atomic E-state index is 0.0290. The number of anilines is 2. The largest absolute Gasteiger partial charge is 0.465 e. The number of nitrogens with zero attached hydrogens (tertiary/aromatic N) is 3. The van der Waals surface area contributed by atoms with Crippen molar-refractivity contribution in [1.82, 2.24) is 4.90 Å². The Hall–Kier alpha value is -3.17. The summed E-state index contributed by atoms with van der Waals surface area (Å²) in [5.41, 5.74) is 1.14. The van der Waals surface area contributed by atoms with Crippen LogP contribution in [0.1, 0.15) is 20.7 Å². The van der Waals surface area contributed by atoms with Crippen LogP contribution in [0.25, 0.3) is 0 Å². The molecule has 1 N–H and O–H groups in total. The van der Waals surface area contributed by atoms with Crippen molar-refractivity contribution in [3.8, 4) is 0 Å². The number of carbonyl (C=O) groups is 2. The number of piperazine rings is 1. The maximum absolute atomic E-state index is 12.9. The lowest BCUT2D eigenvalue weighted by Gasteiger charge is -2.35. The van der Waals surface area contributed by atoms with Crippen LogP contribution in [0.5, 0.6) is 0 Å². The summed E-state index contributed by atoms with van der Waals surface area (Å²) in [7, 11) is 3.31. The van der Waals surface area contributed by atoms with Crippen molar-refractivity contribution in [1.29, 1.82) is 0 Å². The first-order valence-corrected chi connectivity index (χ1v) is 9.59. The quantitative estimate of drug-likeness (QED) is 0.439. The summed E-state index contributed by atoms with van der Waals surface area (Å²) in [5.74, 6) is -1.15. The van der Waals surface area contributed by atoms with Crippen LogP contribution in [0.3, 0.4) is 0 Å². The molecular weight excluding hydrogens is 412 g/mol. The Kier molecular flexibility index (Phi) is 6.53. The highest BCUT2D eigenvalue weighted by molar-refractivity contribution is 6.34. The Morgan fingerprint density at radius 3 is 2.47 bits per heavy atom. The van der Waals surface area contributed by atoms with Gasteiger partial charge in [-0.25, -0.2) is 4.79 Å². The second-order valence-electron chi connectivity index (χ2n) is 6.89. The van der Waals surface area contributed by atoms with Crippen LogP contribution in [0, 0.1) is 10.1 Å². The molecule has 0 bridgehead atoms. The second kappa shape index (κ2) is 9.10. The van der Waals surface area contributed by atoms with Crippen molar-refractivity contribution in [2.45, 2.75) is 0 Å². The molecule has 3 rings (SSSR count). The highest BCUT2D eigenvalue weighted by Crippen LogP contribution is 2.30. The molecule has 1 aliphatic heterocycles. The van der Waals surface area contributed by atoms with E-state index in [1.165, 1.54) is 25.3 Å². The van der Waals surface area contributed by atoms with Crippen molar-refractivity contribution in [2.75, 3.05) is 50.6 Å². The van der Waals surface area contributed by atoms with E-state index in [2.05, 4.69) is 15.1 Å². The van der Waals surface area contributed by atoms with Crippen LogP contribution in [-0.2, 0) is 4.74 Å². The minimum Gasteiger partial charge on any atom is -0.465 e. The molecule has 158 valence electrons. The smallest absolute Gasteiger partial charge is 0.337 e. The number of esters is 1. The number of nitro groups is 1. The zero-order valence-electron chi connectivity index (χ0n) is 16.6. The first-order chi connectivity index (χ1) is 14.3. The van der Waals surface area contributed by atoms with Gasteiger partial charge in [-0.3, -0.25) is 14.9 Å². The zero-order chi connectivity index (χ0) is 21.8. The first-order valence-electron chi connectivity index (χ1n) is 9.21. The van der Waals surface area contributed by atoms with Gasteiger partial charge in [0, 0.05) is 38.3 Å². The lowest BCUT2D eigenvalue weighted by Crippen LogP contribution is -2.44. The molecule has 0 spiro atoms. The number of nitro benzene ring substituents is 1. The molecular formula is C20H21ClN4O5. The Bertz CT molecular complexity index is 989. The molecule has 0 unspecified atom stereocenters. The molecule has 10 heteroatoms. The second-order valence-corrected chi connectivity index (χ2v) is 7.30. The van der Waals surface area contributed by atoms with Crippen LogP contribution >= 0.6 is 11.6 Å². The molecule has 2 aromatic rings. The molecule has 0 radical (unpaired) electrons. The summed E-state index contributed by atoms with van der Waals surface area (Å²) in [4.78, 5) is 39.6. The Labute approximate surface area is 178 Å². The fourth-order valence-electron chi connectivity index (χ4n) is 3.19. The van der Waals surface area contributed by atoms with E-state index in [4.69, 9.17) is 16.3 Å². The van der Waals surface area contributed by atoms with Gasteiger partial charge >= 0.3 is 5.97 Å². The Morgan fingerprint density at radius 1 is 1.13 bits per heavy atom. The Balaban J connectivity index is 1.96. The predicted octanol–water partition coefficient (Wildman–Crippen LogP) is 3.04. The van der Waals surface area contributed by atoms with E-state index < -0.39 is 16.8 Å². The van der Waals surface area contributed by atoms with Gasteiger partial charge in [0.25, 0.3) is 11.6 Å². The molecule has 30 heavy (non-hydrogen) atoms. The van der Waals surface area contributed by atoms with Crippen molar-refractivity contribution < 1.29 is 19.2 Å². The van der Waals surface area contributed by atoms with Gasteiger partial charge in [0.2, 0.25) is 0 Å². The van der Waals surface area contributed by atoms with Crippen molar-refractivity contribution in [2.24, 2.45) is 0 Å². The molecule has 2 aromatic carbocycles. The fourth-order valence-corrected chi connectivity index (χ4v) is 3.40. The molecule has 9 nitrogen and oxygen atoms in total. The number of non-ortho nitro benzene ring substituents is 1. The van der Waals surface area contributed by atoms with Crippen molar-refractivity contribution in [3.05, 3.63) is 62.7 Å². The molecule has 0 aromatic heterocycles. The monoisotopic (exact) mass is 432 g/mol. The molecule has 1 saturated heterocycles. The van der Waals surface area contributed by atoms with E-state index in [1.807, 2.05) is 7.05 Å². The zero-order valence-corrected chi connectivity index (χ0v) is 17.3. The number of rotatable bonds is 5. The van der Waals surface area contributed by atoms with E-state index in [1.54, 1.807) is 12.1 Å². The van der Waals surface area contributed by atoms with Crippen LogP contribution in [-0.4, -0.2) is 62.0 Å². The van der Waals surface area contributed by atoms with Gasteiger partial charge in [-0.1, -0.05) is 11.6 Å². The van der Waals surface area contributed by atoms with Crippen molar-refractivity contribution >= 4 is 40.5 Å². The molecule has 1 heterocycles. The number of methoxy groups -OCH3 is 1. The number of hydrogen-bond acceptors (Lipinski definition) is 7. The summed E-state index contributed by atoms with van der Waals surface area (Å²) in [6, 6.07) is 8.57. The Morgan fingerprint density at radius 2 is 1.83 bits per heavy atom. The normalized spacial score (nSPS) is 14.3. The topological polar surface area (TPSA) is 105 Å². The third-order valence-corrected chi connectivity index (χ3v) is 5.24. The maximum atomic E-state index is 12.9. The number of amides is 1. The number of hydrogen-bond donors (Lipinski definition) is 1. The lowest BCUT2D eigenvalue weighted by atomic mass is 10.1. The number of benzene rings is 2. The number of ether oxygens (including phenoxy) is 1. The van der Waals surface area contributed by atoms with Gasteiger partial charge in [0.05, 0.1) is 39.6 Å². The fraction of sp³-hybridized carbons (Fsp3) is 0.300. The third kappa shape index (κ3) is 4.69. The lowest BCUT2D eigenvalue weighted by molar-refractivity contribution is -0.384. The van der Waals surface area contributed by atoms with Gasteiger partial charge in [0.15, 0.2) is 0 Å². The van der Waals surface area contributed by atoms with E-state index in [0.717, 1.165) is 37.9 Å². The van der Waals surface area contributed by atoms with Crippen LogP contribution in [0.4, 0.5) is 17.1 Å². The van der Waals surface area contributed by atoms with Crippen molar-refractivity contribution in [3.63, 3.8) is 0 Å². The van der Waals surface area contributed by atoms with Crippen LogP contribution in [0.2, 0.25) is 5.02 Å². The van der Waals surface area contributed by atoms with Gasteiger partial charge in [-0.2, -0.15) is 0 Å². The number of carbonyl (C=O) groups excluding carboxylic acids is 2. The van der Waals surface area contributed by atoms with E-state index in [9.17, 15) is 19.7 Å². The van der Waals surface area contributed by atoms with Gasteiger partial charge in [-0.15, -0.1) is 0 Å². The highest BCUT2D eigenvalue weighted by atomic mass is 35.5. The van der Waals surface area contributed by atoms with Gasteiger partial charge in [0.1, 0.15) is 0 Å². The van der Waals surface area contributed by atoms with E-state index in [0.29, 0.717) is 5.69 Å². The average molecular weight is 433 g/mol. The summed E-state index contributed by atoms with van der Waals surface area (Å²) < 4.78 is 4.77. The molecule has 0 aliphatic carbocycles. The number of likely N-dealkylation sites (N-methyl/N-ethyl adjacent to an activating group) is 1. The molecule has 1 fully saturated rings. The summed E-state index contributed by atoms with van der Waals surface area (Å²) in [5, 5.41) is 13.9. The third-order valence-electron chi connectivity index (χ3n) is 4.92. The van der Waals surface area contributed by atoms with Crippen LogP contribution < -0.4 is 10.2 Å². The van der Waals surface area contributed by atoms with Crippen LogP contribution in [0.15, 0.2) is 36.4 Å². The average Bonchev–Trinajstić information content (AvgIpc) is 2.74. The van der Waals surface area contributed by atoms with E-state index >= 15 is 0 Å². The summed E-state index contributed by atoms with van der Waals surface area (Å²) in [6.45, 7) is 3.19. The summed E-state index contributed by atoms with van der Waals surface area (Å²) in [6.07, 6.45) is 0. The number of halogens is 1. The SMILES string of the molecule is COC(=O)c1ccc(N2CCN(C)CC2)c(NC(=O)c2cc([N+](=O)[O-])ccc2Cl)c1. The first kappa shape index (κ1) is 21.5. The number of nitrogens with one attached hydrogen (secondary N) is 1. The van der Waals surface area contributed by atoms with Gasteiger partial charge in [-0.05, 0) is 31.3 Å². The standard InChI is InChI=1S/C20H21ClN4O5/c1-23-7-9-24(10-8-23)18-6-3-13(20(27)30-2)11-17(18)22-19(26)15-12-14(25(28)29)4-5-16(15)21/h3-6,11-12H,7-10H2,1-2H3,(H,22,26). The predicted molar refractivity (Wildman–Crippen MR) is 114 cm³/mol. The van der Waals surface area contributed by atoms with E-state index in [-0.39, 0.29) is 21.8 Å². The maximum Gasteiger partial charge on any atom is 0.337 e. The molecule has 1 amide bonds. The molecule has 0 atom stereocenters. The molecule has 1 aliphatic rings. The molecule has 0 saturated carbocycles. The minimum atomic E-state index is -0.610. The highest BCUT2D eigenvalue weighted by Gasteiger charge is 2.22. The van der Waals surface area contributed by atoms with Gasteiger partial charge < -0.3 is 19.9 Å².